The van der Waals surface area contributed by atoms with Gasteiger partial charge in [0.15, 0.2) is 0 Å². The van der Waals surface area contributed by atoms with E-state index in [9.17, 15) is 5.11 Å². The molecule has 2 rings (SSSR count). The van der Waals surface area contributed by atoms with E-state index in [0.29, 0.717) is 11.2 Å². The zero-order valence-electron chi connectivity index (χ0n) is 10.9. The normalized spacial score (nSPS) is 22.3. The van der Waals surface area contributed by atoms with E-state index < -0.39 is 0 Å². The Hall–Kier alpha value is -0.710. The predicted molar refractivity (Wildman–Crippen MR) is 71.5 cm³/mol. The van der Waals surface area contributed by atoms with Crippen molar-refractivity contribution in [3.63, 3.8) is 0 Å². The molecule has 0 aromatic carbocycles. The lowest BCUT2D eigenvalue weighted by Crippen LogP contribution is -2.32. The average Bonchev–Trinajstić information content (AvgIpc) is 2.63. The van der Waals surface area contributed by atoms with Crippen molar-refractivity contribution in [1.29, 1.82) is 0 Å². The zero-order valence-corrected chi connectivity index (χ0v) is 11.7. The van der Waals surface area contributed by atoms with Crippen molar-refractivity contribution in [1.82, 2.24) is 14.9 Å². The summed E-state index contributed by atoms with van der Waals surface area (Å²) in [4.78, 5) is 11.0. The predicted octanol–water partition coefficient (Wildman–Crippen LogP) is 2.17. The number of halogens is 1. The van der Waals surface area contributed by atoms with Crippen LogP contribution in [0.25, 0.3) is 0 Å². The van der Waals surface area contributed by atoms with Gasteiger partial charge in [-0.25, -0.2) is 9.97 Å². The van der Waals surface area contributed by atoms with Crippen LogP contribution in [0.2, 0.25) is 5.15 Å². The summed E-state index contributed by atoms with van der Waals surface area (Å²) in [6.45, 7) is 5.54. The number of aromatic nitrogens is 2. The molecular weight excluding hydrogens is 250 g/mol. The Morgan fingerprint density at radius 3 is 3.00 bits per heavy atom. The van der Waals surface area contributed by atoms with E-state index in [1.54, 1.807) is 6.07 Å². The number of likely N-dealkylation sites (tertiary alicyclic amines) is 1. The van der Waals surface area contributed by atoms with E-state index in [0.717, 1.165) is 37.4 Å². The van der Waals surface area contributed by atoms with Crippen LogP contribution in [0.4, 0.5) is 0 Å². The van der Waals surface area contributed by atoms with Gasteiger partial charge in [0.25, 0.3) is 0 Å². The lowest BCUT2D eigenvalue weighted by atomic mass is 10.1. The van der Waals surface area contributed by atoms with E-state index in [2.05, 4.69) is 14.9 Å². The van der Waals surface area contributed by atoms with E-state index in [4.69, 9.17) is 11.6 Å². The van der Waals surface area contributed by atoms with Gasteiger partial charge in [-0.1, -0.05) is 11.6 Å². The maximum atomic E-state index is 9.51. The lowest BCUT2D eigenvalue weighted by Gasteiger charge is -2.24. The van der Waals surface area contributed by atoms with Gasteiger partial charge in [-0.05, 0) is 45.7 Å². The summed E-state index contributed by atoms with van der Waals surface area (Å²) in [5, 5.41) is 10.0. The largest absolute Gasteiger partial charge is 0.393 e. The quantitative estimate of drug-likeness (QED) is 0.851. The Kier molecular flexibility index (Phi) is 4.54. The number of hydrogen-bond donors (Lipinski definition) is 1. The molecule has 0 amide bonds. The Balaban J connectivity index is 2.03. The monoisotopic (exact) mass is 269 g/mol. The molecule has 2 atom stereocenters. The molecule has 4 nitrogen and oxygen atoms in total. The average molecular weight is 270 g/mol. The Bertz CT molecular complexity index is 391. The molecule has 5 heteroatoms. The molecule has 100 valence electrons. The standard InChI is InChI=1S/C13H20ClN3O/c1-9-6-12(14)16-13(15-9)8-17-5-3-4-11(17)7-10(2)18/h6,10-11,18H,3-5,7-8H2,1-2H3. The second-order valence-corrected chi connectivity index (χ2v) is 5.49. The summed E-state index contributed by atoms with van der Waals surface area (Å²) in [5.41, 5.74) is 0.899. The molecule has 1 aliphatic heterocycles. The number of aryl methyl sites for hydroxylation is 1. The fourth-order valence-electron chi connectivity index (χ4n) is 2.61. The minimum absolute atomic E-state index is 0.252. The Morgan fingerprint density at radius 1 is 1.56 bits per heavy atom. The molecule has 0 spiro atoms. The van der Waals surface area contributed by atoms with Gasteiger partial charge in [-0.15, -0.1) is 0 Å². The summed E-state index contributed by atoms with van der Waals surface area (Å²) < 4.78 is 0. The molecule has 0 saturated carbocycles. The van der Waals surface area contributed by atoms with Crippen LogP contribution in [0.15, 0.2) is 6.07 Å². The van der Waals surface area contributed by atoms with Gasteiger partial charge in [0.05, 0.1) is 12.6 Å². The van der Waals surface area contributed by atoms with Crippen molar-refractivity contribution in [3.05, 3.63) is 22.7 Å². The summed E-state index contributed by atoms with van der Waals surface area (Å²) in [6, 6.07) is 2.20. The number of nitrogens with zero attached hydrogens (tertiary/aromatic N) is 3. The van der Waals surface area contributed by atoms with Gasteiger partial charge in [-0.3, -0.25) is 4.90 Å². The van der Waals surface area contributed by atoms with Gasteiger partial charge in [0, 0.05) is 11.7 Å². The van der Waals surface area contributed by atoms with Crippen LogP contribution in [-0.4, -0.2) is 38.7 Å². The van der Waals surface area contributed by atoms with Crippen molar-refractivity contribution in [3.8, 4) is 0 Å². The van der Waals surface area contributed by atoms with Gasteiger partial charge >= 0.3 is 0 Å². The van der Waals surface area contributed by atoms with Gasteiger partial charge in [0.1, 0.15) is 11.0 Å². The fourth-order valence-corrected chi connectivity index (χ4v) is 2.86. The fraction of sp³-hybridized carbons (Fsp3) is 0.692. The van der Waals surface area contributed by atoms with Gasteiger partial charge in [-0.2, -0.15) is 0 Å². The second-order valence-electron chi connectivity index (χ2n) is 5.10. The molecule has 1 aromatic heterocycles. The third-order valence-electron chi connectivity index (χ3n) is 3.33. The summed E-state index contributed by atoms with van der Waals surface area (Å²) >= 11 is 5.95. The molecule has 18 heavy (non-hydrogen) atoms. The topological polar surface area (TPSA) is 49.2 Å². The van der Waals surface area contributed by atoms with E-state index >= 15 is 0 Å². The molecule has 2 unspecified atom stereocenters. The van der Waals surface area contributed by atoms with Crippen molar-refractivity contribution in [2.24, 2.45) is 0 Å². The van der Waals surface area contributed by atoms with Crippen LogP contribution in [-0.2, 0) is 6.54 Å². The van der Waals surface area contributed by atoms with Gasteiger partial charge < -0.3 is 5.11 Å². The van der Waals surface area contributed by atoms with Crippen LogP contribution < -0.4 is 0 Å². The first-order valence-corrected chi connectivity index (χ1v) is 6.84. The number of aliphatic hydroxyl groups is 1. The first-order valence-electron chi connectivity index (χ1n) is 6.47. The highest BCUT2D eigenvalue weighted by molar-refractivity contribution is 6.29. The van der Waals surface area contributed by atoms with Gasteiger partial charge in [0.2, 0.25) is 0 Å². The molecule has 1 saturated heterocycles. The smallest absolute Gasteiger partial charge is 0.144 e. The molecule has 1 aliphatic rings. The minimum Gasteiger partial charge on any atom is -0.393 e. The molecule has 0 bridgehead atoms. The van der Waals surface area contributed by atoms with Crippen molar-refractivity contribution >= 4 is 11.6 Å². The summed E-state index contributed by atoms with van der Waals surface area (Å²) in [7, 11) is 0. The molecule has 0 radical (unpaired) electrons. The first-order chi connectivity index (χ1) is 8.54. The summed E-state index contributed by atoms with van der Waals surface area (Å²) in [6.07, 6.45) is 2.89. The Morgan fingerprint density at radius 2 is 2.33 bits per heavy atom. The number of hydrogen-bond acceptors (Lipinski definition) is 4. The molecule has 0 aliphatic carbocycles. The third-order valence-corrected chi connectivity index (χ3v) is 3.52. The maximum Gasteiger partial charge on any atom is 0.144 e. The highest BCUT2D eigenvalue weighted by Gasteiger charge is 2.26. The van der Waals surface area contributed by atoms with Crippen molar-refractivity contribution in [2.45, 2.75) is 51.8 Å². The first kappa shape index (κ1) is 13.7. The van der Waals surface area contributed by atoms with Crippen LogP contribution in [0.5, 0.6) is 0 Å². The number of rotatable bonds is 4. The van der Waals surface area contributed by atoms with Crippen LogP contribution in [0.3, 0.4) is 0 Å². The third kappa shape index (κ3) is 3.64. The molecular formula is C13H20ClN3O. The lowest BCUT2D eigenvalue weighted by molar-refractivity contribution is 0.129. The SMILES string of the molecule is Cc1cc(Cl)nc(CN2CCCC2CC(C)O)n1. The second kappa shape index (κ2) is 5.95. The number of aliphatic hydroxyl groups excluding tert-OH is 1. The molecule has 2 heterocycles. The Labute approximate surface area is 113 Å². The maximum absolute atomic E-state index is 9.51. The molecule has 1 N–H and O–H groups in total. The van der Waals surface area contributed by atoms with E-state index in [1.165, 1.54) is 6.42 Å². The van der Waals surface area contributed by atoms with Crippen molar-refractivity contribution < 1.29 is 5.11 Å². The summed E-state index contributed by atoms with van der Waals surface area (Å²) in [5.74, 6) is 0.775. The molecule has 1 fully saturated rings. The van der Waals surface area contributed by atoms with Crippen LogP contribution in [0, 0.1) is 6.92 Å². The zero-order chi connectivity index (χ0) is 13.1. The van der Waals surface area contributed by atoms with E-state index in [-0.39, 0.29) is 6.10 Å². The minimum atomic E-state index is -0.252. The highest BCUT2D eigenvalue weighted by Crippen LogP contribution is 2.23. The highest BCUT2D eigenvalue weighted by atomic mass is 35.5. The van der Waals surface area contributed by atoms with E-state index in [1.807, 2.05) is 13.8 Å². The van der Waals surface area contributed by atoms with Crippen LogP contribution in [0.1, 0.15) is 37.7 Å². The van der Waals surface area contributed by atoms with Crippen LogP contribution >= 0.6 is 11.6 Å². The van der Waals surface area contributed by atoms with Crippen molar-refractivity contribution in [2.75, 3.05) is 6.54 Å². The molecule has 1 aromatic rings.